The number of hydrogen-bond donors (Lipinski definition) is 3. The molecule has 0 aromatic carbocycles. The molecule has 0 amide bonds. The van der Waals surface area contributed by atoms with Crippen molar-refractivity contribution >= 4 is 16.9 Å². The molecule has 0 radical (unpaired) electrons. The predicted octanol–water partition coefficient (Wildman–Crippen LogP) is 0.333. The van der Waals surface area contributed by atoms with Crippen LogP contribution in [-0.4, -0.2) is 49.1 Å². The zero-order chi connectivity index (χ0) is 15.9. The molecule has 0 saturated carbocycles. The second-order valence-electron chi connectivity index (χ2n) is 5.29. The number of anilines is 1. The number of nitrogens with zero attached hydrogens (tertiary/aromatic N) is 6. The summed E-state index contributed by atoms with van der Waals surface area (Å²) in [6.07, 6.45) is 0.126. The summed E-state index contributed by atoms with van der Waals surface area (Å²) in [5.74, 6) is 0.312. The lowest BCUT2D eigenvalue weighted by Gasteiger charge is -2.28. The van der Waals surface area contributed by atoms with E-state index in [1.54, 1.807) is 23.8 Å². The zero-order valence-electron chi connectivity index (χ0n) is 11.7. The number of nitrogens with two attached hydrogens (primary N) is 1. The van der Waals surface area contributed by atoms with Gasteiger partial charge in [-0.3, -0.25) is 0 Å². The summed E-state index contributed by atoms with van der Waals surface area (Å²) in [5, 5.41) is 24.0. The normalized spacial score (nSPS) is 31.3. The second kappa shape index (κ2) is 5.11. The van der Waals surface area contributed by atoms with Gasteiger partial charge < -0.3 is 25.3 Å². The molecule has 22 heavy (non-hydrogen) atoms. The molecule has 1 aliphatic heterocycles. The minimum atomic E-state index is -1.30. The van der Waals surface area contributed by atoms with Gasteiger partial charge in [0.1, 0.15) is 35.7 Å². The summed E-state index contributed by atoms with van der Waals surface area (Å²) in [6.45, 7) is 1.17. The molecule has 1 saturated heterocycles. The van der Waals surface area contributed by atoms with Crippen LogP contribution >= 0.6 is 0 Å². The predicted molar refractivity (Wildman–Crippen MR) is 76.5 cm³/mol. The van der Waals surface area contributed by atoms with Crippen molar-refractivity contribution in [1.82, 2.24) is 14.5 Å². The fourth-order valence-corrected chi connectivity index (χ4v) is 2.77. The lowest BCUT2D eigenvalue weighted by Crippen LogP contribution is -2.42. The van der Waals surface area contributed by atoms with Crippen molar-refractivity contribution in [2.75, 3.05) is 12.3 Å². The van der Waals surface area contributed by atoms with Crippen molar-refractivity contribution in [3.05, 3.63) is 29.0 Å². The molecule has 10 heteroatoms. The van der Waals surface area contributed by atoms with Crippen LogP contribution in [0, 0.1) is 0 Å². The quantitative estimate of drug-likeness (QED) is 0.421. The van der Waals surface area contributed by atoms with Crippen LogP contribution in [0.3, 0.4) is 0 Å². The van der Waals surface area contributed by atoms with E-state index in [1.165, 1.54) is 6.33 Å². The van der Waals surface area contributed by atoms with Gasteiger partial charge in [0, 0.05) is 11.1 Å². The fraction of sp³-hybridized carbons (Fsp3) is 0.500. The Morgan fingerprint density at radius 1 is 1.59 bits per heavy atom. The zero-order valence-corrected chi connectivity index (χ0v) is 11.7. The fourth-order valence-electron chi connectivity index (χ4n) is 2.77. The molecule has 116 valence electrons. The first-order chi connectivity index (χ1) is 10.5. The molecule has 2 aromatic rings. The summed E-state index contributed by atoms with van der Waals surface area (Å²) in [6, 6.07) is 1.71. The van der Waals surface area contributed by atoms with Gasteiger partial charge in [-0.1, -0.05) is 5.11 Å². The van der Waals surface area contributed by atoms with E-state index >= 15 is 0 Å². The number of nitrogen functional groups attached to an aromatic ring is 1. The molecule has 1 aliphatic rings. The molecule has 3 heterocycles. The minimum Gasteiger partial charge on any atom is -0.394 e. The molecule has 4 atom stereocenters. The van der Waals surface area contributed by atoms with Crippen molar-refractivity contribution in [3.8, 4) is 0 Å². The Morgan fingerprint density at radius 2 is 2.36 bits per heavy atom. The lowest BCUT2D eigenvalue weighted by atomic mass is 9.93. The molecule has 0 bridgehead atoms. The van der Waals surface area contributed by atoms with Crippen molar-refractivity contribution < 1.29 is 14.9 Å². The number of aliphatic hydroxyl groups excluding tert-OH is 2. The summed E-state index contributed by atoms with van der Waals surface area (Å²) in [5.41, 5.74) is 13.8. The molecule has 0 spiro atoms. The first-order valence-corrected chi connectivity index (χ1v) is 6.60. The molecule has 10 nitrogen and oxygen atoms in total. The van der Waals surface area contributed by atoms with Gasteiger partial charge in [0.05, 0.1) is 18.1 Å². The highest BCUT2D eigenvalue weighted by atomic mass is 16.5. The van der Waals surface area contributed by atoms with E-state index in [9.17, 15) is 10.2 Å². The average Bonchev–Trinajstić information content (AvgIpc) is 3.02. The van der Waals surface area contributed by atoms with Crippen LogP contribution in [0.4, 0.5) is 5.82 Å². The Kier molecular flexibility index (Phi) is 3.38. The van der Waals surface area contributed by atoms with Gasteiger partial charge in [-0.05, 0) is 18.5 Å². The topological polar surface area (TPSA) is 155 Å². The lowest BCUT2D eigenvalue weighted by molar-refractivity contribution is -0.0453. The van der Waals surface area contributed by atoms with Gasteiger partial charge >= 0.3 is 0 Å². The third kappa shape index (κ3) is 1.90. The first kappa shape index (κ1) is 14.5. The maximum absolute atomic E-state index is 10.3. The summed E-state index contributed by atoms with van der Waals surface area (Å²) < 4.78 is 7.29. The van der Waals surface area contributed by atoms with E-state index in [4.69, 9.17) is 16.0 Å². The van der Waals surface area contributed by atoms with E-state index in [0.29, 0.717) is 16.9 Å². The smallest absolute Gasteiger partial charge is 0.149 e. The van der Waals surface area contributed by atoms with Crippen LogP contribution in [0.2, 0.25) is 0 Å². The third-order valence-electron chi connectivity index (χ3n) is 3.99. The number of rotatable bonds is 3. The van der Waals surface area contributed by atoms with Crippen LogP contribution < -0.4 is 5.73 Å². The number of aliphatic hydroxyl groups is 2. The molecule has 0 aliphatic carbocycles. The largest absolute Gasteiger partial charge is 0.394 e. The second-order valence-corrected chi connectivity index (χ2v) is 5.29. The molecular weight excluding hydrogens is 290 g/mol. The third-order valence-corrected chi connectivity index (χ3v) is 3.99. The minimum absolute atomic E-state index is 0.312. The molecule has 0 unspecified atom stereocenters. The maximum Gasteiger partial charge on any atom is 0.149 e. The monoisotopic (exact) mass is 305 g/mol. The van der Waals surface area contributed by atoms with Crippen LogP contribution in [0.5, 0.6) is 0 Å². The Balaban J connectivity index is 2.16. The highest BCUT2D eigenvalue weighted by Crippen LogP contribution is 2.42. The van der Waals surface area contributed by atoms with Gasteiger partial charge in [-0.15, -0.1) is 0 Å². The first-order valence-electron chi connectivity index (χ1n) is 6.60. The number of ether oxygens (including phenoxy) is 1. The van der Waals surface area contributed by atoms with Crippen LogP contribution in [0.15, 0.2) is 23.7 Å². The van der Waals surface area contributed by atoms with E-state index in [1.807, 2.05) is 0 Å². The van der Waals surface area contributed by atoms with Crippen molar-refractivity contribution in [3.63, 3.8) is 0 Å². The van der Waals surface area contributed by atoms with Gasteiger partial charge in [-0.25, -0.2) is 9.97 Å². The number of hydrogen-bond acceptors (Lipinski definition) is 7. The van der Waals surface area contributed by atoms with Gasteiger partial charge in [0.2, 0.25) is 0 Å². The van der Waals surface area contributed by atoms with Crippen LogP contribution in [0.25, 0.3) is 21.5 Å². The average molecular weight is 305 g/mol. The highest BCUT2D eigenvalue weighted by molar-refractivity contribution is 5.86. The van der Waals surface area contributed by atoms with Gasteiger partial charge in [0.15, 0.2) is 0 Å². The van der Waals surface area contributed by atoms with Crippen molar-refractivity contribution in [2.45, 2.75) is 30.9 Å². The van der Waals surface area contributed by atoms with E-state index in [0.717, 1.165) is 0 Å². The maximum atomic E-state index is 10.3. The number of azide groups is 1. The van der Waals surface area contributed by atoms with E-state index < -0.39 is 30.6 Å². The summed E-state index contributed by atoms with van der Waals surface area (Å²) >= 11 is 0. The van der Waals surface area contributed by atoms with Crippen molar-refractivity contribution in [2.24, 2.45) is 5.11 Å². The highest BCUT2D eigenvalue weighted by Gasteiger charge is 2.53. The Hall–Kier alpha value is -2.39. The van der Waals surface area contributed by atoms with Gasteiger partial charge in [0.25, 0.3) is 0 Å². The number of fused-ring (bicyclic) bond motifs is 1. The molecule has 4 N–H and O–H groups in total. The van der Waals surface area contributed by atoms with Crippen LogP contribution in [-0.2, 0) is 4.74 Å². The van der Waals surface area contributed by atoms with E-state index in [2.05, 4.69) is 20.0 Å². The van der Waals surface area contributed by atoms with Crippen molar-refractivity contribution in [1.29, 1.82) is 0 Å². The molecular formula is C12H15N7O3. The summed E-state index contributed by atoms with van der Waals surface area (Å²) in [7, 11) is 0. The molecule has 2 aromatic heterocycles. The standard InChI is InChI=1S/C12H15N7O3/c1-12(17-18-14)8(21)7(4-20)22-11(12)19-3-2-6-9(13)15-5-16-10(6)19/h2-3,5,7-8,11,20-21H,4H2,1H3,(H2,13,15,16)/t7-,8-,11+,12-/m1/s1. The Labute approximate surface area is 124 Å². The Morgan fingerprint density at radius 3 is 3.05 bits per heavy atom. The SMILES string of the molecule is C[C@@]1(N=[N+]=[N-])[C@H](O)[C@@H](CO)O[C@@H]1n1ccc2c(N)ncnc21. The molecule has 3 rings (SSSR count). The summed E-state index contributed by atoms with van der Waals surface area (Å²) in [4.78, 5) is 10.9. The van der Waals surface area contributed by atoms with E-state index in [-0.39, 0.29) is 0 Å². The van der Waals surface area contributed by atoms with Gasteiger partial charge in [-0.2, -0.15) is 0 Å². The Bertz CT molecular complexity index is 756. The molecule has 1 fully saturated rings. The van der Waals surface area contributed by atoms with Crippen LogP contribution in [0.1, 0.15) is 13.2 Å². The number of aromatic nitrogens is 3.